The van der Waals surface area contributed by atoms with Gasteiger partial charge < -0.3 is 25.8 Å². The summed E-state index contributed by atoms with van der Waals surface area (Å²) in [5, 5.41) is 4.83. The maximum atomic E-state index is 13.8. The highest BCUT2D eigenvalue weighted by Gasteiger charge is 2.70. The number of ether oxygens (including phenoxy) is 2. The molecule has 0 bridgehead atoms. The number of fused-ring (bicyclic) bond motifs is 1. The Morgan fingerprint density at radius 2 is 2.00 bits per heavy atom. The number of nitrogens with one attached hydrogen (secondary N) is 2. The summed E-state index contributed by atoms with van der Waals surface area (Å²) in [5.74, 6) is -1.88. The third kappa shape index (κ3) is 4.36. The molecule has 33 heavy (non-hydrogen) atoms. The van der Waals surface area contributed by atoms with Gasteiger partial charge in [-0.3, -0.25) is 0 Å². The van der Waals surface area contributed by atoms with Crippen LogP contribution >= 0.6 is 0 Å². The SMILES string of the molecule is C=C1/C(=C\C=C(/C)Oc2ccnc(N)c2)OC2(C)[C@@H](NC(=O)Nc3cc(F)c(F)cc3F)[C@H]12. The molecule has 1 aliphatic heterocycles. The van der Waals surface area contributed by atoms with Gasteiger partial charge >= 0.3 is 6.03 Å². The maximum Gasteiger partial charge on any atom is 0.319 e. The van der Waals surface area contributed by atoms with E-state index in [-0.39, 0.29) is 5.92 Å². The van der Waals surface area contributed by atoms with Crippen molar-refractivity contribution in [3.8, 4) is 5.75 Å². The second kappa shape index (κ2) is 8.19. The van der Waals surface area contributed by atoms with E-state index in [9.17, 15) is 18.0 Å². The van der Waals surface area contributed by atoms with Gasteiger partial charge in [-0.25, -0.2) is 22.9 Å². The highest BCUT2D eigenvalue weighted by Crippen LogP contribution is 2.59. The van der Waals surface area contributed by atoms with Gasteiger partial charge in [0.25, 0.3) is 0 Å². The molecular formula is C23H21F3N4O3. The number of carbonyl (C=O) groups excluding carboxylic acids is 1. The normalized spacial score (nSPS) is 24.8. The number of carbonyl (C=O) groups is 1. The molecule has 1 aliphatic carbocycles. The summed E-state index contributed by atoms with van der Waals surface area (Å²) in [7, 11) is 0. The van der Waals surface area contributed by atoms with Crippen LogP contribution in [0.25, 0.3) is 0 Å². The van der Waals surface area contributed by atoms with Crippen molar-refractivity contribution in [1.29, 1.82) is 0 Å². The van der Waals surface area contributed by atoms with Crippen LogP contribution in [0.2, 0.25) is 0 Å². The van der Waals surface area contributed by atoms with Crippen LogP contribution in [0.3, 0.4) is 0 Å². The van der Waals surface area contributed by atoms with Crippen LogP contribution in [0.15, 0.2) is 66.3 Å². The summed E-state index contributed by atoms with van der Waals surface area (Å²) in [6, 6.07) is 3.02. The first-order valence-electron chi connectivity index (χ1n) is 9.96. The lowest BCUT2D eigenvalue weighted by atomic mass is 10.1. The Kier molecular flexibility index (Phi) is 5.52. The van der Waals surface area contributed by atoms with Crippen LogP contribution in [0.5, 0.6) is 5.75 Å². The summed E-state index contributed by atoms with van der Waals surface area (Å²) < 4.78 is 51.8. The third-order valence-electron chi connectivity index (χ3n) is 5.53. The first-order valence-corrected chi connectivity index (χ1v) is 9.96. The molecule has 2 fully saturated rings. The molecule has 2 amide bonds. The number of nitrogens with two attached hydrogens (primary N) is 1. The van der Waals surface area contributed by atoms with Crippen molar-refractivity contribution in [2.24, 2.45) is 5.92 Å². The molecule has 3 atom stereocenters. The Hall–Kier alpha value is -3.95. The van der Waals surface area contributed by atoms with E-state index in [0.29, 0.717) is 40.8 Å². The topological polar surface area (TPSA) is 98.5 Å². The highest BCUT2D eigenvalue weighted by molar-refractivity contribution is 5.90. The average Bonchev–Trinajstić information content (AvgIpc) is 3.19. The van der Waals surface area contributed by atoms with Crippen LogP contribution in [-0.2, 0) is 4.74 Å². The van der Waals surface area contributed by atoms with Gasteiger partial charge in [-0.15, -0.1) is 0 Å². The van der Waals surface area contributed by atoms with Crippen LogP contribution in [0.1, 0.15) is 13.8 Å². The van der Waals surface area contributed by atoms with Crippen molar-refractivity contribution in [3.05, 3.63) is 83.7 Å². The van der Waals surface area contributed by atoms with Crippen LogP contribution in [0.4, 0.5) is 29.5 Å². The van der Waals surface area contributed by atoms with Crippen LogP contribution < -0.4 is 21.1 Å². The molecule has 4 N–H and O–H groups in total. The van der Waals surface area contributed by atoms with Crippen LogP contribution in [-0.4, -0.2) is 22.7 Å². The summed E-state index contributed by atoms with van der Waals surface area (Å²) >= 11 is 0. The predicted octanol–water partition coefficient (Wildman–Crippen LogP) is 4.41. The second-order valence-electron chi connectivity index (χ2n) is 7.94. The molecule has 2 aromatic rings. The predicted molar refractivity (Wildman–Crippen MR) is 115 cm³/mol. The molecule has 7 nitrogen and oxygen atoms in total. The molecule has 1 aromatic heterocycles. The second-order valence-corrected chi connectivity index (χ2v) is 7.94. The Labute approximate surface area is 187 Å². The summed E-state index contributed by atoms with van der Waals surface area (Å²) in [4.78, 5) is 16.1. The fourth-order valence-electron chi connectivity index (χ4n) is 3.81. The van der Waals surface area contributed by atoms with Crippen molar-refractivity contribution >= 4 is 17.5 Å². The minimum absolute atomic E-state index is 0.195. The van der Waals surface area contributed by atoms with Crippen LogP contribution in [0, 0.1) is 23.4 Å². The molecule has 10 heteroatoms. The Morgan fingerprint density at radius 1 is 1.27 bits per heavy atom. The molecule has 1 saturated heterocycles. The zero-order valence-electron chi connectivity index (χ0n) is 17.8. The number of hydrogen-bond acceptors (Lipinski definition) is 5. The zero-order valence-corrected chi connectivity index (χ0v) is 17.8. The number of pyridine rings is 1. The largest absolute Gasteiger partial charge is 0.484 e. The van der Waals surface area contributed by atoms with Crippen molar-refractivity contribution < 1.29 is 27.4 Å². The first kappa shape index (κ1) is 22.3. The van der Waals surface area contributed by atoms with E-state index in [2.05, 4.69) is 22.2 Å². The fraction of sp³-hybridized carbons (Fsp3) is 0.217. The maximum absolute atomic E-state index is 13.8. The van der Waals surface area contributed by atoms with Gasteiger partial charge in [-0.2, -0.15) is 0 Å². The quantitative estimate of drug-likeness (QED) is 0.455. The number of rotatable bonds is 5. The summed E-state index contributed by atoms with van der Waals surface area (Å²) in [5.41, 5.74) is 5.11. The van der Waals surface area contributed by atoms with Gasteiger partial charge in [0, 0.05) is 24.4 Å². The Bertz CT molecular complexity index is 1210. The number of halogens is 3. The molecule has 1 saturated carbocycles. The van der Waals surface area contributed by atoms with Crippen molar-refractivity contribution in [3.63, 3.8) is 0 Å². The van der Waals surface area contributed by atoms with E-state index in [4.69, 9.17) is 15.2 Å². The number of aromatic nitrogens is 1. The molecule has 4 rings (SSSR count). The molecule has 1 unspecified atom stereocenters. The molecule has 1 aromatic carbocycles. The van der Waals surface area contributed by atoms with Crippen molar-refractivity contribution in [2.75, 3.05) is 11.1 Å². The molecular weight excluding hydrogens is 437 g/mol. The summed E-state index contributed by atoms with van der Waals surface area (Å²) in [6.07, 6.45) is 4.97. The van der Waals surface area contributed by atoms with Gasteiger partial charge in [0.05, 0.1) is 17.6 Å². The van der Waals surface area contributed by atoms with Crippen molar-refractivity contribution in [2.45, 2.75) is 25.5 Å². The first-order chi connectivity index (χ1) is 15.6. The highest BCUT2D eigenvalue weighted by atomic mass is 19.2. The van der Waals surface area contributed by atoms with Gasteiger partial charge in [-0.1, -0.05) is 6.58 Å². The van der Waals surface area contributed by atoms with E-state index in [1.807, 2.05) is 0 Å². The van der Waals surface area contributed by atoms with E-state index in [1.54, 1.807) is 38.1 Å². The number of benzene rings is 1. The molecule has 2 heterocycles. The average molecular weight is 458 g/mol. The van der Waals surface area contributed by atoms with Gasteiger partial charge in [-0.05, 0) is 37.6 Å². The standard InChI is InChI=1S/C23H21F3N4O3/c1-11(32-13-6-7-28-19(27)8-13)4-5-18-12(2)20-21(23(20,3)33-18)30-22(31)29-17-10-15(25)14(24)9-16(17)26/h4-10,20-21H,2H2,1,3H3,(H2,27,28)(H2,29,30,31)/b11-4+,18-5+/t20-,21-,23?/m0/s1. The number of nitrogen functional groups attached to an aromatic ring is 1. The number of nitrogens with zero attached hydrogens (tertiary/aromatic N) is 1. The van der Waals surface area contributed by atoms with Crippen molar-refractivity contribution in [1.82, 2.24) is 10.3 Å². The number of amides is 2. The molecule has 2 aliphatic rings. The lowest BCUT2D eigenvalue weighted by Crippen LogP contribution is -2.36. The van der Waals surface area contributed by atoms with E-state index in [0.717, 1.165) is 0 Å². The molecule has 172 valence electrons. The minimum atomic E-state index is -1.34. The zero-order chi connectivity index (χ0) is 23.9. The third-order valence-corrected chi connectivity index (χ3v) is 5.53. The summed E-state index contributed by atoms with van der Waals surface area (Å²) in [6.45, 7) is 7.61. The van der Waals surface area contributed by atoms with E-state index < -0.39 is 40.8 Å². The Balaban J connectivity index is 1.36. The van der Waals surface area contributed by atoms with Gasteiger partial charge in [0.15, 0.2) is 11.6 Å². The van der Waals surface area contributed by atoms with Gasteiger partial charge in [0.2, 0.25) is 0 Å². The fourth-order valence-corrected chi connectivity index (χ4v) is 3.81. The van der Waals surface area contributed by atoms with E-state index in [1.165, 1.54) is 6.20 Å². The smallest absolute Gasteiger partial charge is 0.319 e. The number of allylic oxidation sites excluding steroid dienone is 4. The minimum Gasteiger partial charge on any atom is -0.484 e. The Morgan fingerprint density at radius 3 is 2.67 bits per heavy atom. The number of anilines is 2. The van der Waals surface area contributed by atoms with Gasteiger partial charge in [0.1, 0.15) is 34.5 Å². The molecule has 0 spiro atoms. The van der Waals surface area contributed by atoms with E-state index >= 15 is 0 Å². The number of urea groups is 1. The number of hydrogen-bond donors (Lipinski definition) is 3. The monoisotopic (exact) mass is 458 g/mol. The lowest BCUT2D eigenvalue weighted by Gasteiger charge is -2.16. The lowest BCUT2D eigenvalue weighted by molar-refractivity contribution is 0.124. The molecule has 0 radical (unpaired) electrons.